The Bertz CT molecular complexity index is 668. The van der Waals surface area contributed by atoms with Crippen molar-refractivity contribution in [3.63, 3.8) is 0 Å². The van der Waals surface area contributed by atoms with Crippen LogP contribution in [0.4, 0.5) is 5.69 Å². The van der Waals surface area contributed by atoms with Gasteiger partial charge in [0.05, 0.1) is 11.3 Å². The zero-order valence-electron chi connectivity index (χ0n) is 10.3. The van der Waals surface area contributed by atoms with Gasteiger partial charge in [-0.15, -0.1) is 0 Å². The summed E-state index contributed by atoms with van der Waals surface area (Å²) in [6.45, 7) is 1.99. The number of halogens is 4. The highest BCUT2D eigenvalue weighted by atomic mass is 127. The summed E-state index contributed by atoms with van der Waals surface area (Å²) >= 11 is 15.0. The normalized spacial score (nSPS) is 10.4. The fourth-order valence-electron chi connectivity index (χ4n) is 1.67. The molecule has 0 unspecified atom stereocenters. The predicted molar refractivity (Wildman–Crippen MR) is 98.7 cm³/mol. The summed E-state index contributed by atoms with van der Waals surface area (Å²) in [5, 5.41) is 3.43. The average Bonchev–Trinajstić information content (AvgIpc) is 2.36. The van der Waals surface area contributed by atoms with Crippen LogP contribution in [-0.4, -0.2) is 5.91 Å². The summed E-state index contributed by atoms with van der Waals surface area (Å²) in [4.78, 5) is 12.4. The lowest BCUT2D eigenvalue weighted by atomic mass is 10.2. The van der Waals surface area contributed by atoms with Crippen LogP contribution >= 0.6 is 66.1 Å². The molecule has 0 aliphatic carbocycles. The van der Waals surface area contributed by atoms with Crippen LogP contribution in [0, 0.1) is 10.5 Å². The molecule has 0 aliphatic heterocycles. The van der Waals surface area contributed by atoms with Gasteiger partial charge in [-0.1, -0.05) is 11.6 Å². The van der Waals surface area contributed by atoms with E-state index in [-0.39, 0.29) is 5.91 Å². The molecule has 0 radical (unpaired) electrons. The molecule has 2 rings (SSSR count). The van der Waals surface area contributed by atoms with E-state index in [1.165, 1.54) is 0 Å². The van der Waals surface area contributed by atoms with Crippen molar-refractivity contribution in [1.82, 2.24) is 0 Å². The first-order valence-electron chi connectivity index (χ1n) is 5.60. The van der Waals surface area contributed by atoms with Crippen molar-refractivity contribution in [2.24, 2.45) is 0 Å². The quantitative estimate of drug-likeness (QED) is 0.473. The van der Waals surface area contributed by atoms with Gasteiger partial charge >= 0.3 is 0 Å². The second-order valence-electron chi connectivity index (χ2n) is 4.18. The van der Waals surface area contributed by atoms with Gasteiger partial charge in [0.25, 0.3) is 5.91 Å². The number of nitrogens with one attached hydrogen (secondary N) is 1. The molecule has 6 heteroatoms. The SMILES string of the molecule is Cc1cc(Br)c(NC(=O)c2cc(Cl)ccc2I)c(Br)c1. The topological polar surface area (TPSA) is 29.1 Å². The highest BCUT2D eigenvalue weighted by Crippen LogP contribution is 2.33. The van der Waals surface area contributed by atoms with Crippen molar-refractivity contribution < 1.29 is 4.79 Å². The maximum Gasteiger partial charge on any atom is 0.256 e. The van der Waals surface area contributed by atoms with Crippen LogP contribution in [0.3, 0.4) is 0 Å². The third-order valence-electron chi connectivity index (χ3n) is 2.60. The third-order valence-corrected chi connectivity index (χ3v) is 5.02. The van der Waals surface area contributed by atoms with Gasteiger partial charge in [0.15, 0.2) is 0 Å². The van der Waals surface area contributed by atoms with Crippen molar-refractivity contribution in [2.45, 2.75) is 6.92 Å². The number of hydrogen-bond donors (Lipinski definition) is 1. The van der Waals surface area contributed by atoms with Gasteiger partial charge in [0.1, 0.15) is 0 Å². The van der Waals surface area contributed by atoms with Crippen LogP contribution in [0.1, 0.15) is 15.9 Å². The van der Waals surface area contributed by atoms with E-state index in [4.69, 9.17) is 11.6 Å². The Labute approximate surface area is 152 Å². The Morgan fingerprint density at radius 3 is 2.40 bits per heavy atom. The molecule has 104 valence electrons. The number of benzene rings is 2. The molecular formula is C14H9Br2ClINO. The van der Waals surface area contributed by atoms with Crippen LogP contribution in [0.2, 0.25) is 5.02 Å². The largest absolute Gasteiger partial charge is 0.320 e. The minimum Gasteiger partial charge on any atom is -0.320 e. The van der Waals surface area contributed by atoms with Crippen molar-refractivity contribution in [3.05, 3.63) is 59.0 Å². The number of amides is 1. The Morgan fingerprint density at radius 2 is 1.80 bits per heavy atom. The van der Waals surface area contributed by atoms with Gasteiger partial charge in [-0.3, -0.25) is 4.79 Å². The molecular weight excluding hydrogens is 520 g/mol. The maximum atomic E-state index is 12.4. The summed E-state index contributed by atoms with van der Waals surface area (Å²) < 4.78 is 2.51. The van der Waals surface area contributed by atoms with Crippen molar-refractivity contribution in [3.8, 4) is 0 Å². The molecule has 1 amide bonds. The second-order valence-corrected chi connectivity index (χ2v) is 7.49. The zero-order chi connectivity index (χ0) is 14.9. The highest BCUT2D eigenvalue weighted by molar-refractivity contribution is 14.1. The number of carbonyl (C=O) groups excluding carboxylic acids is 1. The van der Waals surface area contributed by atoms with Gasteiger partial charge in [0.2, 0.25) is 0 Å². The number of aryl methyl sites for hydroxylation is 1. The smallest absolute Gasteiger partial charge is 0.256 e. The van der Waals surface area contributed by atoms with Crippen LogP contribution in [0.5, 0.6) is 0 Å². The molecule has 0 bridgehead atoms. The molecule has 0 aliphatic rings. The van der Waals surface area contributed by atoms with E-state index in [2.05, 4.69) is 59.8 Å². The molecule has 0 saturated heterocycles. The highest BCUT2D eigenvalue weighted by Gasteiger charge is 2.14. The van der Waals surface area contributed by atoms with Crippen LogP contribution < -0.4 is 5.32 Å². The summed E-state index contributed by atoms with van der Waals surface area (Å²) in [7, 11) is 0. The van der Waals surface area contributed by atoms with Gasteiger partial charge in [-0.2, -0.15) is 0 Å². The Balaban J connectivity index is 2.35. The first-order valence-corrected chi connectivity index (χ1v) is 8.65. The first kappa shape index (κ1) is 16.3. The van der Waals surface area contributed by atoms with E-state index in [0.717, 1.165) is 18.1 Å². The summed E-state index contributed by atoms with van der Waals surface area (Å²) in [5.74, 6) is -0.192. The molecule has 1 N–H and O–H groups in total. The van der Waals surface area contributed by atoms with Gasteiger partial charge < -0.3 is 5.32 Å². The monoisotopic (exact) mass is 527 g/mol. The minimum atomic E-state index is -0.192. The van der Waals surface area contributed by atoms with E-state index in [1.807, 2.05) is 25.1 Å². The van der Waals surface area contributed by atoms with Crippen molar-refractivity contribution >= 4 is 77.6 Å². The summed E-state index contributed by atoms with van der Waals surface area (Å²) in [6, 6.07) is 9.14. The van der Waals surface area contributed by atoms with E-state index in [9.17, 15) is 4.79 Å². The van der Waals surface area contributed by atoms with E-state index in [1.54, 1.807) is 12.1 Å². The van der Waals surface area contributed by atoms with Gasteiger partial charge in [-0.25, -0.2) is 0 Å². The fourth-order valence-corrected chi connectivity index (χ4v) is 4.04. The van der Waals surface area contributed by atoms with Gasteiger partial charge in [0, 0.05) is 17.5 Å². The zero-order valence-corrected chi connectivity index (χ0v) is 16.4. The predicted octanol–water partition coefficient (Wildman–Crippen LogP) is 6.03. The van der Waals surface area contributed by atoms with Crippen LogP contribution in [0.15, 0.2) is 39.3 Å². The molecule has 2 nitrogen and oxygen atoms in total. The minimum absolute atomic E-state index is 0.192. The summed E-state index contributed by atoms with van der Waals surface area (Å²) in [6.07, 6.45) is 0. The lowest BCUT2D eigenvalue weighted by Crippen LogP contribution is -2.14. The van der Waals surface area contributed by atoms with Crippen molar-refractivity contribution in [1.29, 1.82) is 0 Å². The summed E-state index contributed by atoms with van der Waals surface area (Å²) in [5.41, 5.74) is 2.35. The molecule has 0 fully saturated rings. The molecule has 0 atom stereocenters. The second kappa shape index (κ2) is 6.77. The molecule has 0 heterocycles. The van der Waals surface area contributed by atoms with E-state index < -0.39 is 0 Å². The van der Waals surface area contributed by atoms with Crippen LogP contribution in [-0.2, 0) is 0 Å². The maximum absolute atomic E-state index is 12.4. The fraction of sp³-hybridized carbons (Fsp3) is 0.0714. The lowest BCUT2D eigenvalue weighted by molar-refractivity contribution is 0.102. The molecule has 0 saturated carbocycles. The standard InChI is InChI=1S/C14H9Br2ClINO/c1-7-4-10(15)13(11(16)5-7)19-14(20)9-6-8(17)2-3-12(9)18/h2-6H,1H3,(H,19,20). The van der Waals surface area contributed by atoms with Crippen LogP contribution in [0.25, 0.3) is 0 Å². The number of hydrogen-bond acceptors (Lipinski definition) is 1. The number of rotatable bonds is 2. The molecule has 0 spiro atoms. The van der Waals surface area contributed by atoms with Crippen molar-refractivity contribution in [2.75, 3.05) is 5.32 Å². The molecule has 0 aromatic heterocycles. The molecule has 20 heavy (non-hydrogen) atoms. The number of anilines is 1. The third kappa shape index (κ3) is 3.75. The first-order chi connectivity index (χ1) is 9.38. The van der Waals surface area contributed by atoms with E-state index >= 15 is 0 Å². The van der Waals surface area contributed by atoms with Gasteiger partial charge in [-0.05, 0) is 97.3 Å². The van der Waals surface area contributed by atoms with E-state index in [0.29, 0.717) is 16.3 Å². The molecule has 2 aromatic carbocycles. The Kier molecular flexibility index (Phi) is 5.50. The number of carbonyl (C=O) groups is 1. The molecule has 2 aromatic rings. The lowest BCUT2D eigenvalue weighted by Gasteiger charge is -2.12. The Morgan fingerprint density at radius 1 is 1.20 bits per heavy atom. The average molecular weight is 529 g/mol. The Hall–Kier alpha value is -0.110.